The van der Waals surface area contributed by atoms with Crippen molar-refractivity contribution in [2.45, 2.75) is 124 Å². The number of unbranched alkanes of at least 4 members (excludes halogenated alkanes) is 7. The highest BCUT2D eigenvalue weighted by molar-refractivity contribution is 9.10. The quantitative estimate of drug-likeness (QED) is 0.119. The minimum Gasteiger partial charge on any atom is -0.448 e. The molecule has 0 aliphatic carbocycles. The molecule has 4 rings (SSSR count). The molecule has 2 aromatic heterocycles. The van der Waals surface area contributed by atoms with E-state index in [2.05, 4.69) is 59.6 Å². The Morgan fingerprint density at radius 3 is 1.31 bits per heavy atom. The number of nitrogens with zero attached hydrogens (tertiary/aromatic N) is 2. The van der Waals surface area contributed by atoms with E-state index in [1.807, 2.05) is 34.1 Å². The lowest BCUT2D eigenvalue weighted by Crippen LogP contribution is -2.34. The largest absolute Gasteiger partial charge is 0.448 e. The molecule has 2 amide bonds. The summed E-state index contributed by atoms with van der Waals surface area (Å²) in [4.78, 5) is 33.0. The van der Waals surface area contributed by atoms with Crippen molar-refractivity contribution in [2.75, 3.05) is 13.1 Å². The van der Waals surface area contributed by atoms with Crippen molar-refractivity contribution < 1.29 is 18.4 Å². The molecule has 0 aromatic carbocycles. The van der Waals surface area contributed by atoms with Crippen LogP contribution in [0.4, 0.5) is 0 Å². The topological polar surface area (TPSA) is 66.9 Å². The Labute approximate surface area is 287 Å². The number of furan rings is 2. The summed E-state index contributed by atoms with van der Waals surface area (Å²) in [5.74, 6) is 1.53. The van der Waals surface area contributed by atoms with Crippen LogP contribution in [-0.2, 0) is 9.59 Å². The molecule has 248 valence electrons. The summed E-state index contributed by atoms with van der Waals surface area (Å²) in [5.41, 5.74) is 2.10. The lowest BCUT2D eigenvalue weighted by Gasteiger charge is -2.29. The highest BCUT2D eigenvalue weighted by Gasteiger charge is 2.51. The van der Waals surface area contributed by atoms with E-state index in [9.17, 15) is 9.59 Å². The number of halogens is 2. The first kappa shape index (κ1) is 35.8. The molecule has 0 radical (unpaired) electrons. The summed E-state index contributed by atoms with van der Waals surface area (Å²) in [5, 5.41) is 0. The molecule has 2 unspecified atom stereocenters. The Hall–Kier alpha value is -2.06. The molecule has 2 aliphatic rings. The van der Waals surface area contributed by atoms with Crippen LogP contribution < -0.4 is 0 Å². The monoisotopic (exact) mass is 746 g/mol. The lowest BCUT2D eigenvalue weighted by molar-refractivity contribution is -0.124. The number of rotatable bonds is 21. The Balaban J connectivity index is 1.78. The Morgan fingerprint density at radius 1 is 0.556 bits per heavy atom. The van der Waals surface area contributed by atoms with Gasteiger partial charge in [-0.2, -0.15) is 0 Å². The predicted octanol–water partition coefficient (Wildman–Crippen LogP) is 11.4. The number of amides is 2. The average molecular weight is 749 g/mol. The van der Waals surface area contributed by atoms with E-state index < -0.39 is 0 Å². The Kier molecular flexibility index (Phi) is 14.1. The number of hydrogen-bond donors (Lipinski definition) is 0. The van der Waals surface area contributed by atoms with E-state index in [0.29, 0.717) is 68.3 Å². The van der Waals surface area contributed by atoms with Crippen LogP contribution >= 0.6 is 31.9 Å². The van der Waals surface area contributed by atoms with Gasteiger partial charge in [-0.25, -0.2) is 0 Å². The van der Waals surface area contributed by atoms with Crippen LogP contribution in [0.1, 0.15) is 136 Å². The van der Waals surface area contributed by atoms with E-state index in [1.165, 1.54) is 25.7 Å². The van der Waals surface area contributed by atoms with E-state index in [4.69, 9.17) is 8.83 Å². The fourth-order valence-corrected chi connectivity index (χ4v) is 7.45. The Bertz CT molecular complexity index is 1340. The van der Waals surface area contributed by atoms with Gasteiger partial charge in [0, 0.05) is 13.1 Å². The molecule has 45 heavy (non-hydrogen) atoms. The second-order valence-corrected chi connectivity index (χ2v) is 14.4. The zero-order valence-electron chi connectivity index (χ0n) is 27.8. The van der Waals surface area contributed by atoms with Gasteiger partial charge in [0.1, 0.15) is 11.4 Å². The molecular weight excluding hydrogens is 696 g/mol. The summed E-state index contributed by atoms with van der Waals surface area (Å²) in [7, 11) is 0. The third kappa shape index (κ3) is 8.85. The van der Waals surface area contributed by atoms with Crippen LogP contribution in [0.25, 0.3) is 11.4 Å². The van der Waals surface area contributed by atoms with Gasteiger partial charge in [-0.15, -0.1) is 0 Å². The van der Waals surface area contributed by atoms with Crippen molar-refractivity contribution in [2.24, 2.45) is 11.8 Å². The van der Waals surface area contributed by atoms with Crippen LogP contribution in [0.3, 0.4) is 0 Å². The van der Waals surface area contributed by atoms with Crippen LogP contribution in [0.2, 0.25) is 0 Å². The number of carbonyl (C=O) groups excluding carboxylic acids is 2. The zero-order valence-corrected chi connectivity index (χ0v) is 30.9. The van der Waals surface area contributed by atoms with Gasteiger partial charge >= 0.3 is 0 Å². The first-order chi connectivity index (χ1) is 21.8. The van der Waals surface area contributed by atoms with Crippen LogP contribution in [0.5, 0.6) is 0 Å². The summed E-state index contributed by atoms with van der Waals surface area (Å²) < 4.78 is 13.3. The zero-order chi connectivity index (χ0) is 32.3. The van der Waals surface area contributed by atoms with Crippen molar-refractivity contribution in [1.29, 1.82) is 0 Å². The first-order valence-electron chi connectivity index (χ1n) is 17.5. The highest BCUT2D eigenvalue weighted by Crippen LogP contribution is 2.48. The lowest BCUT2D eigenvalue weighted by atomic mass is 9.94. The summed E-state index contributed by atoms with van der Waals surface area (Å²) in [6.45, 7) is 10.0. The van der Waals surface area contributed by atoms with Gasteiger partial charge in [0.2, 0.25) is 0 Å². The van der Waals surface area contributed by atoms with Crippen molar-refractivity contribution in [3.05, 3.63) is 56.3 Å². The highest BCUT2D eigenvalue weighted by atomic mass is 79.9. The van der Waals surface area contributed by atoms with E-state index >= 15 is 0 Å². The summed E-state index contributed by atoms with van der Waals surface area (Å²) in [6.07, 6.45) is 17.0. The van der Waals surface area contributed by atoms with Crippen LogP contribution in [0, 0.1) is 11.8 Å². The molecule has 0 spiro atoms. The standard InChI is InChI=1S/C37H52Br2N2O4/c1-5-9-13-15-19-27(17-12-8-4)25-41-35(29-21-23-31(39)45-29)33-32(37(41)43)34(28-20-22-30(38)44-28)40(36(33)42)24-26(16-11-7-3)18-14-10-6-2/h20-23,26-27H,5-19,24-25H2,1-4H3. The van der Waals surface area contributed by atoms with Gasteiger partial charge in [-0.05, 0) is 93.6 Å². The predicted molar refractivity (Wildman–Crippen MR) is 189 cm³/mol. The van der Waals surface area contributed by atoms with E-state index in [0.717, 1.165) is 70.6 Å². The van der Waals surface area contributed by atoms with Gasteiger partial charge in [-0.1, -0.05) is 98.3 Å². The average Bonchev–Trinajstić information content (AvgIpc) is 3.78. The summed E-state index contributed by atoms with van der Waals surface area (Å²) in [6, 6.07) is 7.40. The molecule has 0 fully saturated rings. The van der Waals surface area contributed by atoms with E-state index in [-0.39, 0.29) is 11.8 Å². The normalized spacial score (nSPS) is 16.5. The molecule has 2 atom stereocenters. The molecule has 6 nitrogen and oxygen atoms in total. The molecular formula is C37H52Br2N2O4. The minimum atomic E-state index is -0.129. The number of carbonyl (C=O) groups is 2. The maximum Gasteiger partial charge on any atom is 0.261 e. The van der Waals surface area contributed by atoms with Crippen LogP contribution in [-0.4, -0.2) is 34.7 Å². The maximum atomic E-state index is 14.7. The van der Waals surface area contributed by atoms with Gasteiger partial charge in [0.15, 0.2) is 20.9 Å². The maximum absolute atomic E-state index is 14.7. The minimum absolute atomic E-state index is 0.128. The Morgan fingerprint density at radius 2 is 0.933 bits per heavy atom. The fourth-order valence-electron chi connectivity index (χ4n) is 6.84. The van der Waals surface area contributed by atoms with Gasteiger partial charge < -0.3 is 18.6 Å². The van der Waals surface area contributed by atoms with Gasteiger partial charge in [-0.3, -0.25) is 9.59 Å². The second kappa shape index (κ2) is 17.7. The SMILES string of the molecule is CCCCCCC(CCCC)CN1C(=O)C2=C(c3ccc(Br)o3)N(CC(CCCC)CCCCC)C(=O)C2=C1c1ccc(Br)o1. The first-order valence-corrected chi connectivity index (χ1v) is 19.1. The molecule has 4 heterocycles. The molecule has 0 saturated carbocycles. The molecule has 0 saturated heterocycles. The third-order valence-corrected chi connectivity index (χ3v) is 10.1. The smallest absolute Gasteiger partial charge is 0.261 e. The van der Waals surface area contributed by atoms with Crippen LogP contribution in [0.15, 0.2) is 53.6 Å². The molecule has 0 bridgehead atoms. The summed E-state index contributed by atoms with van der Waals surface area (Å²) >= 11 is 6.93. The van der Waals surface area contributed by atoms with E-state index in [1.54, 1.807) is 0 Å². The van der Waals surface area contributed by atoms with Crippen molar-refractivity contribution >= 4 is 55.1 Å². The van der Waals surface area contributed by atoms with Gasteiger partial charge in [0.25, 0.3) is 11.8 Å². The second-order valence-electron chi connectivity index (χ2n) is 12.8. The van der Waals surface area contributed by atoms with Crippen molar-refractivity contribution in [3.63, 3.8) is 0 Å². The third-order valence-electron chi connectivity index (χ3n) is 9.29. The van der Waals surface area contributed by atoms with Crippen molar-refractivity contribution in [3.8, 4) is 0 Å². The molecule has 8 heteroatoms. The number of hydrogen-bond acceptors (Lipinski definition) is 4. The fraction of sp³-hybridized carbons (Fsp3) is 0.622. The molecule has 2 aromatic rings. The number of fused-ring (bicyclic) bond motifs is 1. The molecule has 2 aliphatic heterocycles. The van der Waals surface area contributed by atoms with Gasteiger partial charge in [0.05, 0.1) is 11.1 Å². The van der Waals surface area contributed by atoms with Crippen molar-refractivity contribution in [1.82, 2.24) is 9.80 Å². The molecule has 0 N–H and O–H groups in total.